The average Bonchev–Trinajstić information content (AvgIpc) is 2.21. The van der Waals surface area contributed by atoms with Crippen molar-refractivity contribution < 1.29 is 4.79 Å². The highest BCUT2D eigenvalue weighted by Gasteiger charge is 2.00. The number of carbonyl (C=O) groups excluding carboxylic acids is 1. The molecule has 1 amide bonds. The Balaban J connectivity index is 2.83. The molecule has 1 aromatic rings. The molecule has 0 aliphatic heterocycles. The molecule has 0 bridgehead atoms. The van der Waals surface area contributed by atoms with Gasteiger partial charge in [-0.15, -0.1) is 0 Å². The third-order valence-electron chi connectivity index (χ3n) is 2.32. The first kappa shape index (κ1) is 11.5. The van der Waals surface area contributed by atoms with E-state index in [1.165, 1.54) is 17.2 Å². The van der Waals surface area contributed by atoms with Crippen LogP contribution in [0.15, 0.2) is 30.4 Å². The van der Waals surface area contributed by atoms with Crippen LogP contribution in [0.25, 0.3) is 0 Å². The number of nitrogens with one attached hydrogen (secondary N) is 1. The van der Waals surface area contributed by atoms with Crippen molar-refractivity contribution in [1.29, 1.82) is 0 Å². The Morgan fingerprint density at radius 2 is 2.20 bits per heavy atom. The van der Waals surface area contributed by atoms with Gasteiger partial charge in [0.1, 0.15) is 0 Å². The average molecular weight is 203 g/mol. The van der Waals surface area contributed by atoms with Crippen molar-refractivity contribution in [1.82, 2.24) is 0 Å². The number of rotatable bonds is 3. The van der Waals surface area contributed by atoms with Gasteiger partial charge < -0.3 is 5.32 Å². The van der Waals surface area contributed by atoms with Gasteiger partial charge in [0.25, 0.3) is 0 Å². The van der Waals surface area contributed by atoms with Crippen molar-refractivity contribution in [2.75, 3.05) is 5.32 Å². The van der Waals surface area contributed by atoms with E-state index in [9.17, 15) is 4.79 Å². The van der Waals surface area contributed by atoms with Crippen LogP contribution in [0.4, 0.5) is 5.69 Å². The lowest BCUT2D eigenvalue weighted by molar-refractivity contribution is -0.111. The number of carbonyl (C=O) groups is 1. The summed E-state index contributed by atoms with van der Waals surface area (Å²) in [5, 5.41) is 2.82. The molecule has 2 nitrogen and oxygen atoms in total. The maximum Gasteiger partial charge on any atom is 0.248 e. The number of hydrogen-bond acceptors (Lipinski definition) is 1. The second kappa shape index (κ2) is 5.35. The zero-order chi connectivity index (χ0) is 11.3. The van der Waals surface area contributed by atoms with Crippen LogP contribution in [0.5, 0.6) is 0 Å². The second-order valence-corrected chi connectivity index (χ2v) is 3.48. The molecule has 0 saturated carbocycles. The van der Waals surface area contributed by atoms with Gasteiger partial charge in [0.05, 0.1) is 0 Å². The fraction of sp³-hybridized carbons (Fsp3) is 0.308. The molecule has 0 aromatic heterocycles. The van der Waals surface area contributed by atoms with Crippen LogP contribution in [-0.4, -0.2) is 5.91 Å². The third kappa shape index (κ3) is 3.24. The molecule has 0 saturated heterocycles. The molecule has 0 heterocycles. The van der Waals surface area contributed by atoms with Gasteiger partial charge in [-0.25, -0.2) is 0 Å². The van der Waals surface area contributed by atoms with Gasteiger partial charge in [0, 0.05) is 5.69 Å². The maximum absolute atomic E-state index is 11.3. The Bertz CT molecular complexity index is 380. The topological polar surface area (TPSA) is 29.1 Å². The molecule has 1 rings (SSSR count). The molecule has 0 unspecified atom stereocenters. The van der Waals surface area contributed by atoms with Gasteiger partial charge in [-0.3, -0.25) is 4.79 Å². The highest BCUT2D eigenvalue weighted by Crippen LogP contribution is 2.15. The summed E-state index contributed by atoms with van der Waals surface area (Å²) in [6.45, 7) is 6.02. The van der Waals surface area contributed by atoms with Crippen LogP contribution in [-0.2, 0) is 11.2 Å². The number of aryl methyl sites for hydroxylation is 2. The lowest BCUT2D eigenvalue weighted by Gasteiger charge is -2.07. The van der Waals surface area contributed by atoms with Crippen LogP contribution in [0.2, 0.25) is 0 Å². The van der Waals surface area contributed by atoms with Gasteiger partial charge >= 0.3 is 0 Å². The number of benzene rings is 1. The molecule has 1 aromatic carbocycles. The van der Waals surface area contributed by atoms with Crippen molar-refractivity contribution in [2.24, 2.45) is 0 Å². The Morgan fingerprint density at radius 3 is 2.80 bits per heavy atom. The Labute approximate surface area is 91.0 Å². The normalized spacial score (nSPS) is 10.6. The molecule has 1 N–H and O–H groups in total. The summed E-state index contributed by atoms with van der Waals surface area (Å²) in [6, 6.07) is 5.98. The predicted octanol–water partition coefficient (Wildman–Crippen LogP) is 3.07. The van der Waals surface area contributed by atoms with E-state index in [2.05, 4.69) is 19.2 Å². The summed E-state index contributed by atoms with van der Waals surface area (Å²) in [4.78, 5) is 11.3. The maximum atomic E-state index is 11.3. The highest BCUT2D eigenvalue weighted by molar-refractivity contribution is 5.99. The molecular weight excluding hydrogens is 186 g/mol. The third-order valence-corrected chi connectivity index (χ3v) is 2.32. The van der Waals surface area contributed by atoms with E-state index in [0.717, 1.165) is 12.1 Å². The van der Waals surface area contributed by atoms with Crippen LogP contribution in [0.3, 0.4) is 0 Å². The SMILES string of the molecule is C/C=C/C(=O)Nc1ccc(C)c(CC)c1. The van der Waals surface area contributed by atoms with Crippen LogP contribution >= 0.6 is 0 Å². The second-order valence-electron chi connectivity index (χ2n) is 3.48. The minimum absolute atomic E-state index is 0.0802. The van der Waals surface area contributed by atoms with E-state index in [-0.39, 0.29) is 5.91 Å². The minimum Gasteiger partial charge on any atom is -0.323 e. The highest BCUT2D eigenvalue weighted by atomic mass is 16.1. The van der Waals surface area contributed by atoms with Gasteiger partial charge in [-0.2, -0.15) is 0 Å². The molecular formula is C13H17NO. The molecule has 80 valence electrons. The first-order valence-corrected chi connectivity index (χ1v) is 5.20. The summed E-state index contributed by atoms with van der Waals surface area (Å²) in [7, 11) is 0. The smallest absolute Gasteiger partial charge is 0.248 e. The van der Waals surface area contributed by atoms with Crippen molar-refractivity contribution >= 4 is 11.6 Å². The van der Waals surface area contributed by atoms with E-state index in [4.69, 9.17) is 0 Å². The van der Waals surface area contributed by atoms with Gasteiger partial charge in [0.15, 0.2) is 0 Å². The van der Waals surface area contributed by atoms with E-state index in [0.29, 0.717) is 0 Å². The van der Waals surface area contributed by atoms with E-state index in [1.54, 1.807) is 6.08 Å². The van der Waals surface area contributed by atoms with Crippen molar-refractivity contribution in [3.63, 3.8) is 0 Å². The minimum atomic E-state index is -0.0802. The monoisotopic (exact) mass is 203 g/mol. The van der Waals surface area contributed by atoms with Crippen LogP contribution in [0, 0.1) is 6.92 Å². The Hall–Kier alpha value is -1.57. The molecule has 0 fully saturated rings. The Kier molecular flexibility index (Phi) is 4.10. The predicted molar refractivity (Wildman–Crippen MR) is 64.0 cm³/mol. The molecule has 0 aliphatic carbocycles. The van der Waals surface area contributed by atoms with Gasteiger partial charge in [-0.05, 0) is 49.6 Å². The molecule has 15 heavy (non-hydrogen) atoms. The molecule has 0 atom stereocenters. The summed E-state index contributed by atoms with van der Waals surface area (Å²) in [6.07, 6.45) is 4.23. The molecule has 0 spiro atoms. The van der Waals surface area contributed by atoms with E-state index >= 15 is 0 Å². The summed E-state index contributed by atoms with van der Waals surface area (Å²) < 4.78 is 0. The van der Waals surface area contributed by atoms with Gasteiger partial charge in [-0.1, -0.05) is 19.1 Å². The fourth-order valence-electron chi connectivity index (χ4n) is 1.47. The van der Waals surface area contributed by atoms with Crippen molar-refractivity contribution in [3.8, 4) is 0 Å². The standard InChI is InChI=1S/C13H17NO/c1-4-6-13(15)14-12-8-7-10(3)11(5-2)9-12/h4,6-9H,5H2,1-3H3,(H,14,15)/b6-4+. The lowest BCUT2D eigenvalue weighted by Crippen LogP contribution is -2.08. The molecule has 0 radical (unpaired) electrons. The number of amides is 1. The molecule has 2 heteroatoms. The quantitative estimate of drug-likeness (QED) is 0.751. The summed E-state index contributed by atoms with van der Waals surface area (Å²) in [5.74, 6) is -0.0802. The van der Waals surface area contributed by atoms with Crippen molar-refractivity contribution in [3.05, 3.63) is 41.5 Å². The Morgan fingerprint density at radius 1 is 1.47 bits per heavy atom. The van der Waals surface area contributed by atoms with Crippen LogP contribution in [0.1, 0.15) is 25.0 Å². The van der Waals surface area contributed by atoms with Crippen LogP contribution < -0.4 is 5.32 Å². The van der Waals surface area contributed by atoms with E-state index < -0.39 is 0 Å². The zero-order valence-electron chi connectivity index (χ0n) is 9.50. The largest absolute Gasteiger partial charge is 0.323 e. The number of anilines is 1. The zero-order valence-corrected chi connectivity index (χ0v) is 9.50. The molecule has 0 aliphatic rings. The number of hydrogen-bond donors (Lipinski definition) is 1. The lowest BCUT2D eigenvalue weighted by atomic mass is 10.1. The number of allylic oxidation sites excluding steroid dienone is 1. The van der Waals surface area contributed by atoms with Gasteiger partial charge in [0.2, 0.25) is 5.91 Å². The summed E-state index contributed by atoms with van der Waals surface area (Å²) in [5.41, 5.74) is 3.40. The first-order chi connectivity index (χ1) is 7.17. The fourth-order valence-corrected chi connectivity index (χ4v) is 1.47. The summed E-state index contributed by atoms with van der Waals surface area (Å²) >= 11 is 0. The first-order valence-electron chi connectivity index (χ1n) is 5.20. The van der Waals surface area contributed by atoms with E-state index in [1.807, 2.05) is 25.1 Å². The van der Waals surface area contributed by atoms with Crippen molar-refractivity contribution in [2.45, 2.75) is 27.2 Å².